The maximum absolute atomic E-state index is 4.00. The number of nitrogens with one attached hydrogen (secondary N) is 2. The van der Waals surface area contributed by atoms with Gasteiger partial charge in [0.05, 0.1) is 13.1 Å². The molecule has 1 atom stereocenters. The van der Waals surface area contributed by atoms with Gasteiger partial charge in [0.1, 0.15) is 0 Å². The summed E-state index contributed by atoms with van der Waals surface area (Å²) >= 11 is 0. The van der Waals surface area contributed by atoms with Crippen LogP contribution in [0.5, 0.6) is 0 Å². The molecule has 0 amide bonds. The summed E-state index contributed by atoms with van der Waals surface area (Å²) in [7, 11) is 4.00. The minimum atomic E-state index is 0.678. The Bertz CT molecular complexity index is 118. The summed E-state index contributed by atoms with van der Waals surface area (Å²) in [5, 5.41) is 3.32. The lowest BCUT2D eigenvalue weighted by Crippen LogP contribution is -3.05. The van der Waals surface area contributed by atoms with Crippen molar-refractivity contribution in [2.75, 3.05) is 26.2 Å². The van der Waals surface area contributed by atoms with Gasteiger partial charge in [0.15, 0.2) is 0 Å². The molecule has 2 heterocycles. The van der Waals surface area contributed by atoms with E-state index < -0.39 is 0 Å². The maximum atomic E-state index is 4.00. The van der Waals surface area contributed by atoms with Crippen molar-refractivity contribution in [1.29, 1.82) is 0 Å². The number of likely N-dealkylation sites (tertiary alicyclic amines) is 1. The van der Waals surface area contributed by atoms with Crippen molar-refractivity contribution in [3.05, 3.63) is 7.05 Å². The first-order chi connectivity index (χ1) is 4.31. The molecule has 0 aliphatic carbocycles. The van der Waals surface area contributed by atoms with Gasteiger partial charge < -0.3 is 10.2 Å². The van der Waals surface area contributed by atoms with Crippen molar-refractivity contribution in [3.8, 4) is 0 Å². The van der Waals surface area contributed by atoms with Gasteiger partial charge in [-0.05, 0) is 0 Å². The van der Waals surface area contributed by atoms with E-state index in [2.05, 4.69) is 12.4 Å². The molecule has 0 bridgehead atoms. The van der Waals surface area contributed by atoms with E-state index in [0.717, 1.165) is 0 Å². The number of quaternary nitrogens is 1. The molecule has 52 valence electrons. The van der Waals surface area contributed by atoms with Crippen molar-refractivity contribution in [2.45, 2.75) is 6.42 Å². The molecule has 2 aliphatic heterocycles. The van der Waals surface area contributed by atoms with Crippen molar-refractivity contribution in [3.63, 3.8) is 0 Å². The highest BCUT2D eigenvalue weighted by Crippen LogP contribution is 2.26. The summed E-state index contributed by atoms with van der Waals surface area (Å²) in [6.45, 7) is 5.06. The Morgan fingerprint density at radius 1 is 1.44 bits per heavy atom. The molecule has 0 saturated carbocycles. The minimum absolute atomic E-state index is 0.678. The third-order valence-corrected chi connectivity index (χ3v) is 2.63. The molecule has 2 saturated heterocycles. The number of rotatable bonds is 0. The lowest BCUT2D eigenvalue weighted by Gasteiger charge is -2.37. The molecular formula is C7H14N2. The van der Waals surface area contributed by atoms with Crippen LogP contribution in [0.1, 0.15) is 6.42 Å². The molecule has 1 unspecified atom stereocenters. The van der Waals surface area contributed by atoms with Crippen LogP contribution in [0.2, 0.25) is 0 Å². The van der Waals surface area contributed by atoms with E-state index in [1.165, 1.54) is 37.5 Å². The van der Waals surface area contributed by atoms with Crippen molar-refractivity contribution < 1.29 is 4.90 Å². The van der Waals surface area contributed by atoms with Crippen LogP contribution >= 0.6 is 0 Å². The Balaban J connectivity index is 1.99. The standard InChI is InChI=1S/C7H14N2/c1-9-3-2-7(6-9)4-8-5-7/h8-9H,1-6H2. The molecule has 0 aromatic carbocycles. The van der Waals surface area contributed by atoms with Crippen LogP contribution in [0.4, 0.5) is 0 Å². The van der Waals surface area contributed by atoms with Crippen molar-refractivity contribution >= 4 is 0 Å². The molecule has 0 aromatic heterocycles. The van der Waals surface area contributed by atoms with E-state index >= 15 is 0 Å². The van der Waals surface area contributed by atoms with Gasteiger partial charge in [0.2, 0.25) is 0 Å². The van der Waals surface area contributed by atoms with Gasteiger partial charge in [0.25, 0.3) is 0 Å². The Morgan fingerprint density at radius 2 is 2.22 bits per heavy atom. The Morgan fingerprint density at radius 3 is 2.44 bits per heavy atom. The largest absolute Gasteiger partial charge is 0.467 e. The second-order valence-corrected chi connectivity index (χ2v) is 3.53. The summed E-state index contributed by atoms with van der Waals surface area (Å²) in [5.74, 6) is 0. The molecule has 0 radical (unpaired) electrons. The molecule has 0 aromatic rings. The van der Waals surface area contributed by atoms with E-state index in [9.17, 15) is 0 Å². The molecule has 2 fully saturated rings. The van der Waals surface area contributed by atoms with Gasteiger partial charge in [-0.25, -0.2) is 0 Å². The zero-order valence-electron chi connectivity index (χ0n) is 5.74. The lowest BCUT2D eigenvalue weighted by atomic mass is 9.81. The van der Waals surface area contributed by atoms with Gasteiger partial charge in [0, 0.05) is 24.9 Å². The van der Waals surface area contributed by atoms with Gasteiger partial charge in [-0.3, -0.25) is 0 Å². The van der Waals surface area contributed by atoms with Crippen LogP contribution < -0.4 is 10.2 Å². The molecule has 2 aliphatic rings. The summed E-state index contributed by atoms with van der Waals surface area (Å²) in [4.78, 5) is 1.47. The first-order valence-corrected chi connectivity index (χ1v) is 3.68. The minimum Gasteiger partial charge on any atom is -0.467 e. The topological polar surface area (TPSA) is 16.5 Å². The Kier molecular flexibility index (Phi) is 1.08. The molecule has 1 spiro atoms. The normalized spacial score (nSPS) is 39.0. The molecule has 2 N–H and O–H groups in total. The quantitative estimate of drug-likeness (QED) is 0.384. The van der Waals surface area contributed by atoms with Crippen LogP contribution in [-0.4, -0.2) is 26.2 Å². The fraction of sp³-hybridized carbons (Fsp3) is 0.857. The van der Waals surface area contributed by atoms with Crippen LogP contribution in [0.25, 0.3) is 0 Å². The molecule has 2 rings (SSSR count). The van der Waals surface area contributed by atoms with Gasteiger partial charge in [-0.1, -0.05) is 0 Å². The molecule has 2 heteroatoms. The summed E-state index contributed by atoms with van der Waals surface area (Å²) < 4.78 is 0. The van der Waals surface area contributed by atoms with Crippen LogP contribution in [-0.2, 0) is 0 Å². The zero-order chi connectivity index (χ0) is 6.32. The smallest absolute Gasteiger partial charge is 0.0614 e. The van der Waals surface area contributed by atoms with E-state index in [-0.39, 0.29) is 0 Å². The molecular weight excluding hydrogens is 112 g/mol. The van der Waals surface area contributed by atoms with Gasteiger partial charge in [-0.15, -0.1) is 0 Å². The van der Waals surface area contributed by atoms with Gasteiger partial charge in [-0.2, -0.15) is 7.05 Å². The van der Waals surface area contributed by atoms with E-state index in [4.69, 9.17) is 0 Å². The highest BCUT2D eigenvalue weighted by atomic mass is 15.2. The summed E-state index contributed by atoms with van der Waals surface area (Å²) in [6.07, 6.45) is 1.39. The Labute approximate surface area is 56.2 Å². The van der Waals surface area contributed by atoms with Crippen LogP contribution in [0, 0.1) is 12.5 Å². The predicted molar refractivity (Wildman–Crippen MR) is 36.0 cm³/mol. The van der Waals surface area contributed by atoms with Crippen LogP contribution in [0.15, 0.2) is 0 Å². The lowest BCUT2D eigenvalue weighted by molar-refractivity contribution is -0.843. The maximum Gasteiger partial charge on any atom is 0.0614 e. The number of hydrogen-bond donors (Lipinski definition) is 2. The van der Waals surface area contributed by atoms with Crippen LogP contribution in [0.3, 0.4) is 0 Å². The third-order valence-electron chi connectivity index (χ3n) is 2.63. The fourth-order valence-electron chi connectivity index (χ4n) is 1.93. The average molecular weight is 126 g/mol. The average Bonchev–Trinajstić information content (AvgIpc) is 2.09. The summed E-state index contributed by atoms with van der Waals surface area (Å²) in [5.41, 5.74) is 0.678. The predicted octanol–water partition coefficient (Wildman–Crippen LogP) is -1.34. The van der Waals surface area contributed by atoms with Crippen molar-refractivity contribution in [1.82, 2.24) is 5.32 Å². The molecule has 2 nitrogen and oxygen atoms in total. The highest BCUT2D eigenvalue weighted by molar-refractivity contribution is 4.93. The number of hydrogen-bond acceptors (Lipinski definition) is 1. The van der Waals surface area contributed by atoms with E-state index in [0.29, 0.717) is 5.41 Å². The SMILES string of the molecule is [CH2-][NH+]1CCC2(CNC2)C1. The zero-order valence-corrected chi connectivity index (χ0v) is 5.74. The fourth-order valence-corrected chi connectivity index (χ4v) is 1.93. The molecule has 9 heavy (non-hydrogen) atoms. The monoisotopic (exact) mass is 126 g/mol. The third kappa shape index (κ3) is 0.775. The second kappa shape index (κ2) is 1.70. The van der Waals surface area contributed by atoms with Gasteiger partial charge >= 0.3 is 0 Å². The first kappa shape index (κ1) is 5.69. The second-order valence-electron chi connectivity index (χ2n) is 3.53. The van der Waals surface area contributed by atoms with E-state index in [1.807, 2.05) is 0 Å². The first-order valence-electron chi connectivity index (χ1n) is 3.68. The van der Waals surface area contributed by atoms with E-state index in [1.54, 1.807) is 0 Å². The Hall–Kier alpha value is -0.0800. The summed E-state index contributed by atoms with van der Waals surface area (Å²) in [6, 6.07) is 0. The van der Waals surface area contributed by atoms with Crippen molar-refractivity contribution in [2.24, 2.45) is 5.41 Å². The highest BCUT2D eigenvalue weighted by Gasteiger charge is 2.43.